The number of carbonyl (C=O) groups excluding carboxylic acids is 1. The van der Waals surface area contributed by atoms with Crippen LogP contribution in [0.15, 0.2) is 46.9 Å². The van der Waals surface area contributed by atoms with Crippen molar-refractivity contribution in [3.05, 3.63) is 63.6 Å². The molecule has 1 saturated heterocycles. The Balaban J connectivity index is 1.62. The van der Waals surface area contributed by atoms with Crippen LogP contribution in [-0.4, -0.2) is 37.0 Å². The van der Waals surface area contributed by atoms with Gasteiger partial charge in [-0.1, -0.05) is 21.9 Å². The maximum Gasteiger partial charge on any atom is 0.416 e. The van der Waals surface area contributed by atoms with Gasteiger partial charge in [-0.2, -0.15) is 18.4 Å². The van der Waals surface area contributed by atoms with E-state index in [2.05, 4.69) is 33.8 Å². The van der Waals surface area contributed by atoms with Crippen molar-refractivity contribution in [2.45, 2.75) is 6.18 Å². The lowest BCUT2D eigenvalue weighted by molar-refractivity contribution is -0.137. The van der Waals surface area contributed by atoms with Gasteiger partial charge in [-0.3, -0.25) is 4.79 Å². The summed E-state index contributed by atoms with van der Waals surface area (Å²) in [6, 6.07) is 12.0. The SMILES string of the molecule is N#Cc1ccc(Br)cc1N1CCN(C(=O)C#Cc2ccc(C(F)(F)F)cc2)CC1. The number of carbonyl (C=O) groups is 1. The number of hydrogen-bond acceptors (Lipinski definition) is 3. The molecule has 2 aromatic rings. The van der Waals surface area contributed by atoms with Crippen LogP contribution in [0.5, 0.6) is 0 Å². The van der Waals surface area contributed by atoms with E-state index in [0.29, 0.717) is 37.3 Å². The van der Waals surface area contributed by atoms with E-state index in [4.69, 9.17) is 0 Å². The molecule has 0 saturated carbocycles. The zero-order valence-electron chi connectivity index (χ0n) is 15.1. The molecular formula is C21H15BrF3N3O. The maximum atomic E-state index is 12.6. The van der Waals surface area contributed by atoms with E-state index in [1.165, 1.54) is 12.1 Å². The van der Waals surface area contributed by atoms with Crippen LogP contribution in [0, 0.1) is 23.2 Å². The normalized spacial score (nSPS) is 14.0. The van der Waals surface area contributed by atoms with E-state index in [0.717, 1.165) is 22.3 Å². The second-order valence-corrected chi connectivity index (χ2v) is 7.29. The lowest BCUT2D eigenvalue weighted by Crippen LogP contribution is -2.48. The fraction of sp³-hybridized carbons (Fsp3) is 0.238. The molecule has 1 fully saturated rings. The Hall–Kier alpha value is -2.97. The molecular weight excluding hydrogens is 447 g/mol. The van der Waals surface area contributed by atoms with Gasteiger partial charge in [0.15, 0.2) is 0 Å². The first-order valence-electron chi connectivity index (χ1n) is 8.71. The van der Waals surface area contributed by atoms with Gasteiger partial charge in [0.1, 0.15) is 6.07 Å². The first-order chi connectivity index (χ1) is 13.8. The van der Waals surface area contributed by atoms with Crippen molar-refractivity contribution in [3.63, 3.8) is 0 Å². The zero-order chi connectivity index (χ0) is 21.0. The van der Waals surface area contributed by atoms with Gasteiger partial charge >= 0.3 is 6.18 Å². The van der Waals surface area contributed by atoms with Crippen LogP contribution in [0.2, 0.25) is 0 Å². The summed E-state index contributed by atoms with van der Waals surface area (Å²) >= 11 is 3.40. The topological polar surface area (TPSA) is 47.3 Å². The predicted molar refractivity (Wildman–Crippen MR) is 106 cm³/mol. The van der Waals surface area contributed by atoms with Crippen LogP contribution in [0.4, 0.5) is 18.9 Å². The van der Waals surface area contributed by atoms with Crippen LogP contribution >= 0.6 is 15.9 Å². The smallest absolute Gasteiger partial charge is 0.367 e. The number of alkyl halides is 3. The summed E-state index contributed by atoms with van der Waals surface area (Å²) in [5.41, 5.74) is 0.965. The molecule has 148 valence electrons. The zero-order valence-corrected chi connectivity index (χ0v) is 16.7. The minimum Gasteiger partial charge on any atom is -0.367 e. The van der Waals surface area contributed by atoms with E-state index in [1.54, 1.807) is 17.0 Å². The van der Waals surface area contributed by atoms with E-state index in [-0.39, 0.29) is 5.91 Å². The molecule has 1 heterocycles. The summed E-state index contributed by atoms with van der Waals surface area (Å²) in [6.45, 7) is 1.99. The number of nitrogens with zero attached hydrogens (tertiary/aromatic N) is 3. The highest BCUT2D eigenvalue weighted by atomic mass is 79.9. The predicted octanol–water partition coefficient (Wildman–Crippen LogP) is 4.04. The Morgan fingerprint density at radius 3 is 2.28 bits per heavy atom. The molecule has 0 aromatic heterocycles. The minimum absolute atomic E-state index is 0.345. The highest BCUT2D eigenvalue weighted by molar-refractivity contribution is 9.10. The number of halogens is 4. The second-order valence-electron chi connectivity index (χ2n) is 6.38. The van der Waals surface area contributed by atoms with Crippen LogP contribution in [0.3, 0.4) is 0 Å². The van der Waals surface area contributed by atoms with Gasteiger partial charge < -0.3 is 9.80 Å². The molecule has 1 amide bonds. The average Bonchev–Trinajstić information content (AvgIpc) is 2.71. The summed E-state index contributed by atoms with van der Waals surface area (Å²) in [5.74, 6) is 4.73. The molecule has 0 bridgehead atoms. The van der Waals surface area contributed by atoms with Crippen LogP contribution in [-0.2, 0) is 11.0 Å². The van der Waals surface area contributed by atoms with Gasteiger partial charge in [-0.15, -0.1) is 0 Å². The summed E-state index contributed by atoms with van der Waals surface area (Å²) in [6.07, 6.45) is -4.40. The number of hydrogen-bond donors (Lipinski definition) is 0. The molecule has 0 spiro atoms. The molecule has 0 N–H and O–H groups in total. The van der Waals surface area contributed by atoms with Crippen molar-refractivity contribution >= 4 is 27.5 Å². The van der Waals surface area contributed by atoms with Gasteiger partial charge in [0.05, 0.1) is 16.8 Å². The Morgan fingerprint density at radius 2 is 1.69 bits per heavy atom. The molecule has 8 heteroatoms. The lowest BCUT2D eigenvalue weighted by Gasteiger charge is -2.35. The standard InChI is InChI=1S/C21H15BrF3N3O/c22-18-7-4-16(14-26)19(13-18)27-9-11-28(12-10-27)20(29)8-3-15-1-5-17(6-2-15)21(23,24)25/h1-2,4-7,13H,9-12H2. The van der Waals surface area contributed by atoms with Crippen LogP contribution < -0.4 is 4.90 Å². The van der Waals surface area contributed by atoms with E-state index in [9.17, 15) is 23.2 Å². The summed E-state index contributed by atoms with van der Waals surface area (Å²) in [5, 5.41) is 9.28. The fourth-order valence-corrected chi connectivity index (χ4v) is 3.31. The number of piperazine rings is 1. The Labute approximate surface area is 174 Å². The fourth-order valence-electron chi connectivity index (χ4n) is 2.96. The lowest BCUT2D eigenvalue weighted by atomic mass is 10.1. The van der Waals surface area contributed by atoms with Gasteiger partial charge in [-0.25, -0.2) is 0 Å². The molecule has 1 aliphatic rings. The molecule has 1 aliphatic heterocycles. The molecule has 3 rings (SSSR count). The molecule has 0 aliphatic carbocycles. The summed E-state index contributed by atoms with van der Waals surface area (Å²) < 4.78 is 38.6. The van der Waals surface area contributed by atoms with Crippen molar-refractivity contribution in [2.24, 2.45) is 0 Å². The Kier molecular flexibility index (Phi) is 6.14. The first kappa shape index (κ1) is 20.8. The van der Waals surface area contributed by atoms with E-state index < -0.39 is 11.7 Å². The summed E-state index contributed by atoms with van der Waals surface area (Å²) in [7, 11) is 0. The number of nitriles is 1. The van der Waals surface area contributed by atoms with E-state index in [1.807, 2.05) is 11.0 Å². The van der Waals surface area contributed by atoms with Crippen LogP contribution in [0.25, 0.3) is 0 Å². The molecule has 0 atom stereocenters. The Bertz CT molecular complexity index is 1010. The van der Waals surface area contributed by atoms with Crippen molar-refractivity contribution < 1.29 is 18.0 Å². The van der Waals surface area contributed by atoms with Crippen molar-refractivity contribution in [1.29, 1.82) is 5.26 Å². The number of rotatable bonds is 1. The van der Waals surface area contributed by atoms with Gasteiger partial charge in [0.25, 0.3) is 5.91 Å². The minimum atomic E-state index is -4.40. The highest BCUT2D eigenvalue weighted by Gasteiger charge is 2.29. The Morgan fingerprint density at radius 1 is 1.03 bits per heavy atom. The molecule has 29 heavy (non-hydrogen) atoms. The first-order valence-corrected chi connectivity index (χ1v) is 9.50. The second kappa shape index (κ2) is 8.59. The third-order valence-electron chi connectivity index (χ3n) is 4.51. The average molecular weight is 462 g/mol. The van der Waals surface area contributed by atoms with Gasteiger partial charge in [-0.05, 0) is 42.5 Å². The third kappa shape index (κ3) is 5.10. The van der Waals surface area contributed by atoms with Gasteiger partial charge in [0, 0.05) is 42.1 Å². The molecule has 0 unspecified atom stereocenters. The van der Waals surface area contributed by atoms with Crippen molar-refractivity contribution in [1.82, 2.24) is 4.90 Å². The van der Waals surface area contributed by atoms with Crippen molar-refractivity contribution in [2.75, 3.05) is 31.1 Å². The van der Waals surface area contributed by atoms with E-state index >= 15 is 0 Å². The number of amides is 1. The highest BCUT2D eigenvalue weighted by Crippen LogP contribution is 2.29. The summed E-state index contributed by atoms with van der Waals surface area (Å²) in [4.78, 5) is 15.9. The quantitative estimate of drug-likeness (QED) is 0.602. The molecule has 0 radical (unpaired) electrons. The molecule has 4 nitrogen and oxygen atoms in total. The number of benzene rings is 2. The van der Waals surface area contributed by atoms with Gasteiger partial charge in [0.2, 0.25) is 0 Å². The van der Waals surface area contributed by atoms with Crippen molar-refractivity contribution in [3.8, 4) is 17.9 Å². The van der Waals surface area contributed by atoms with Crippen LogP contribution in [0.1, 0.15) is 16.7 Å². The monoisotopic (exact) mass is 461 g/mol. The largest absolute Gasteiger partial charge is 0.416 e. The molecule has 2 aromatic carbocycles. The number of anilines is 1. The third-order valence-corrected chi connectivity index (χ3v) is 5.01. The maximum absolute atomic E-state index is 12.6.